The van der Waals surface area contributed by atoms with Crippen LogP contribution in [0.1, 0.15) is 36.9 Å². The van der Waals surface area contributed by atoms with Crippen LogP contribution in [0, 0.1) is 18.3 Å². The second-order valence-electron chi connectivity index (χ2n) is 8.76. The van der Waals surface area contributed by atoms with Crippen molar-refractivity contribution in [1.82, 2.24) is 24.7 Å². The molecule has 4 aromatic heterocycles. The molecule has 2 aliphatic heterocycles. The second kappa shape index (κ2) is 7.01. The lowest BCUT2D eigenvalue weighted by atomic mass is 9.99. The van der Waals surface area contributed by atoms with Gasteiger partial charge in [0.25, 0.3) is 0 Å². The quantitative estimate of drug-likeness (QED) is 0.532. The molecule has 0 radical (unpaired) electrons. The fourth-order valence-corrected chi connectivity index (χ4v) is 6.03. The van der Waals surface area contributed by atoms with Crippen LogP contribution in [0.3, 0.4) is 0 Å². The Hall–Kier alpha value is -3.02. The molecule has 0 spiro atoms. The van der Waals surface area contributed by atoms with Gasteiger partial charge >= 0.3 is 0 Å². The Morgan fingerprint density at radius 3 is 2.74 bits per heavy atom. The molecule has 2 saturated heterocycles. The predicted octanol–water partition coefficient (Wildman–Crippen LogP) is 3.91. The van der Waals surface area contributed by atoms with E-state index in [1.165, 1.54) is 25.7 Å². The molecule has 4 aromatic rings. The van der Waals surface area contributed by atoms with E-state index < -0.39 is 0 Å². The van der Waals surface area contributed by atoms with Gasteiger partial charge in [0.1, 0.15) is 16.4 Å². The zero-order valence-corrected chi connectivity index (χ0v) is 18.4. The van der Waals surface area contributed by atoms with Crippen molar-refractivity contribution < 1.29 is 0 Å². The minimum absolute atomic E-state index is 0.531. The zero-order chi connectivity index (χ0) is 21.1. The molecule has 0 aliphatic carbocycles. The molecule has 0 amide bonds. The van der Waals surface area contributed by atoms with Crippen LogP contribution in [-0.4, -0.2) is 44.5 Å². The Kier molecular flexibility index (Phi) is 4.23. The van der Waals surface area contributed by atoms with Crippen LogP contribution in [0.5, 0.6) is 0 Å². The van der Waals surface area contributed by atoms with Crippen LogP contribution >= 0.6 is 11.3 Å². The van der Waals surface area contributed by atoms with Crippen molar-refractivity contribution >= 4 is 32.5 Å². The summed E-state index contributed by atoms with van der Waals surface area (Å²) in [5, 5.41) is 14.3. The summed E-state index contributed by atoms with van der Waals surface area (Å²) >= 11 is 1.65. The summed E-state index contributed by atoms with van der Waals surface area (Å²) in [5.41, 5.74) is 4.79. The molecule has 2 aliphatic rings. The van der Waals surface area contributed by atoms with Gasteiger partial charge in [0, 0.05) is 43.1 Å². The summed E-state index contributed by atoms with van der Waals surface area (Å²) in [6.07, 6.45) is 8.88. The first kappa shape index (κ1) is 18.7. The molecule has 1 N–H and O–H groups in total. The number of aromatic nitrogens is 4. The summed E-state index contributed by atoms with van der Waals surface area (Å²) in [5.74, 6) is 0. The molecule has 156 valence electrons. The molecular formula is C23H23N7S. The summed E-state index contributed by atoms with van der Waals surface area (Å²) in [6, 6.07) is 10.00. The average Bonchev–Trinajstić information content (AvgIpc) is 3.46. The Balaban J connectivity index is 1.35. The fraction of sp³-hybridized carbons (Fsp3) is 0.391. The molecule has 7 nitrogen and oxygen atoms in total. The Bertz CT molecular complexity index is 1340. The van der Waals surface area contributed by atoms with E-state index in [0.29, 0.717) is 29.3 Å². The molecule has 6 heterocycles. The number of rotatable bonds is 3. The van der Waals surface area contributed by atoms with Crippen molar-refractivity contribution in [3.05, 3.63) is 41.9 Å². The fourth-order valence-electron chi connectivity index (χ4n) is 5.06. The number of nitrogens with zero attached hydrogens (tertiary/aromatic N) is 6. The van der Waals surface area contributed by atoms with Gasteiger partial charge in [-0.2, -0.15) is 5.26 Å². The van der Waals surface area contributed by atoms with Gasteiger partial charge in [-0.1, -0.05) is 11.3 Å². The third-order valence-corrected chi connectivity index (χ3v) is 7.69. The van der Waals surface area contributed by atoms with E-state index in [9.17, 15) is 5.26 Å². The van der Waals surface area contributed by atoms with E-state index in [2.05, 4.69) is 28.3 Å². The van der Waals surface area contributed by atoms with Crippen LogP contribution in [0.4, 0.5) is 5.13 Å². The van der Waals surface area contributed by atoms with Crippen molar-refractivity contribution in [1.29, 1.82) is 5.26 Å². The summed E-state index contributed by atoms with van der Waals surface area (Å²) in [6.45, 7) is 1.93. The number of hydrogen-bond donors (Lipinski definition) is 1. The highest BCUT2D eigenvalue weighted by atomic mass is 32.1. The number of piperidine rings is 1. The van der Waals surface area contributed by atoms with Crippen LogP contribution in [0.15, 0.2) is 30.6 Å². The van der Waals surface area contributed by atoms with E-state index in [1.807, 2.05) is 41.9 Å². The maximum Gasteiger partial charge on any atom is 0.187 e. The lowest BCUT2D eigenvalue weighted by molar-refractivity contribution is 0.354. The SMILES string of the molecule is Cc1cn2cc(-c3ccc4nc(N(C)[C@@H]5C[C@H]6CC[C@@H](C5)N6)sc4n3)cc(C#N)c2n1. The molecule has 2 bridgehead atoms. The second-order valence-corrected chi connectivity index (χ2v) is 9.71. The van der Waals surface area contributed by atoms with Gasteiger partial charge in [-0.25, -0.2) is 15.0 Å². The van der Waals surface area contributed by atoms with Gasteiger partial charge in [-0.05, 0) is 50.8 Å². The van der Waals surface area contributed by atoms with Crippen molar-refractivity contribution in [2.45, 2.75) is 50.7 Å². The van der Waals surface area contributed by atoms with Crippen LogP contribution < -0.4 is 10.2 Å². The van der Waals surface area contributed by atoms with Crippen molar-refractivity contribution in [3.63, 3.8) is 0 Å². The number of aryl methyl sites for hydroxylation is 1. The largest absolute Gasteiger partial charge is 0.348 e. The van der Waals surface area contributed by atoms with Crippen LogP contribution in [0.2, 0.25) is 0 Å². The monoisotopic (exact) mass is 429 g/mol. The standard InChI is InChI=1S/C23H23N7S/c1-13-11-30-12-15(7-14(10-24)21(30)25-13)19-5-6-20-22(27-19)31-23(28-20)29(2)18-8-16-3-4-17(9-18)26-16/h5-7,11-12,16-18,26H,3-4,8-9H2,1-2H3/t16-,17+,18-. The Morgan fingerprint density at radius 1 is 1.16 bits per heavy atom. The predicted molar refractivity (Wildman–Crippen MR) is 122 cm³/mol. The maximum absolute atomic E-state index is 9.58. The number of fused-ring (bicyclic) bond motifs is 4. The molecule has 3 atom stereocenters. The topological polar surface area (TPSA) is 82.1 Å². The van der Waals surface area contributed by atoms with Crippen LogP contribution in [0.25, 0.3) is 27.3 Å². The third kappa shape index (κ3) is 3.16. The van der Waals surface area contributed by atoms with Crippen LogP contribution in [-0.2, 0) is 0 Å². The number of hydrogen-bond acceptors (Lipinski definition) is 7. The molecule has 6 rings (SSSR count). The van der Waals surface area contributed by atoms with Gasteiger partial charge in [0.15, 0.2) is 10.8 Å². The number of imidazole rings is 1. The van der Waals surface area contributed by atoms with E-state index in [-0.39, 0.29) is 0 Å². The minimum atomic E-state index is 0.531. The lowest BCUT2D eigenvalue weighted by Crippen LogP contribution is -2.47. The van der Waals surface area contributed by atoms with Crippen molar-refractivity contribution in [3.8, 4) is 17.3 Å². The molecular weight excluding hydrogens is 406 g/mol. The number of pyridine rings is 2. The highest BCUT2D eigenvalue weighted by molar-refractivity contribution is 7.21. The summed E-state index contributed by atoms with van der Waals surface area (Å²) < 4.78 is 1.91. The van der Waals surface area contributed by atoms with E-state index in [1.54, 1.807) is 11.3 Å². The minimum Gasteiger partial charge on any atom is -0.348 e. The molecule has 0 saturated carbocycles. The average molecular weight is 430 g/mol. The van der Waals surface area contributed by atoms with Gasteiger partial charge in [-0.15, -0.1) is 0 Å². The van der Waals surface area contributed by atoms with Gasteiger partial charge < -0.3 is 14.6 Å². The first-order valence-electron chi connectivity index (χ1n) is 10.7. The smallest absolute Gasteiger partial charge is 0.187 e. The highest BCUT2D eigenvalue weighted by Crippen LogP contribution is 2.35. The van der Waals surface area contributed by atoms with Gasteiger partial charge in [0.05, 0.1) is 17.0 Å². The van der Waals surface area contributed by atoms with Gasteiger partial charge in [-0.3, -0.25) is 0 Å². The summed E-state index contributed by atoms with van der Waals surface area (Å²) in [7, 11) is 2.17. The Labute approximate surface area is 184 Å². The normalized spacial score (nSPS) is 22.8. The first-order valence-corrected chi connectivity index (χ1v) is 11.6. The summed E-state index contributed by atoms with van der Waals surface area (Å²) in [4.78, 5) is 17.5. The maximum atomic E-state index is 9.58. The molecule has 31 heavy (non-hydrogen) atoms. The number of nitrogens with one attached hydrogen (secondary N) is 1. The third-order valence-electron chi connectivity index (χ3n) is 6.63. The van der Waals surface area contributed by atoms with Gasteiger partial charge in [0.2, 0.25) is 0 Å². The van der Waals surface area contributed by atoms with Crippen molar-refractivity contribution in [2.75, 3.05) is 11.9 Å². The number of anilines is 1. The zero-order valence-electron chi connectivity index (χ0n) is 17.5. The lowest BCUT2D eigenvalue weighted by Gasteiger charge is -2.35. The number of nitriles is 1. The van der Waals surface area contributed by atoms with E-state index in [0.717, 1.165) is 32.4 Å². The van der Waals surface area contributed by atoms with E-state index in [4.69, 9.17) is 9.97 Å². The van der Waals surface area contributed by atoms with E-state index >= 15 is 0 Å². The first-order chi connectivity index (χ1) is 15.1. The number of thiazole rings is 1. The Morgan fingerprint density at radius 2 is 1.97 bits per heavy atom. The molecule has 8 heteroatoms. The molecule has 2 fully saturated rings. The highest BCUT2D eigenvalue weighted by Gasteiger charge is 2.35. The molecule has 0 unspecified atom stereocenters. The van der Waals surface area contributed by atoms with Crippen molar-refractivity contribution in [2.24, 2.45) is 0 Å². The molecule has 0 aromatic carbocycles.